The Kier molecular flexibility index (Phi) is 7.95. The van der Waals surface area contributed by atoms with Crippen molar-refractivity contribution in [3.05, 3.63) is 94.5 Å². The lowest BCUT2D eigenvalue weighted by atomic mass is 9.92. The van der Waals surface area contributed by atoms with Crippen LogP contribution in [0.15, 0.2) is 72.8 Å². The molecule has 3 aromatic carbocycles. The average molecular weight is 469 g/mol. The normalized spacial score (nSPS) is 11.6. The molecule has 0 bridgehead atoms. The molecule has 1 unspecified atom stereocenters. The number of ether oxygens (including phenoxy) is 1. The topological polar surface area (TPSA) is 65.2 Å². The fourth-order valence-electron chi connectivity index (χ4n) is 3.83. The van der Waals surface area contributed by atoms with Crippen molar-refractivity contribution in [1.29, 1.82) is 0 Å². The van der Waals surface area contributed by atoms with Gasteiger partial charge in [-0.3, -0.25) is 4.79 Å². The van der Waals surface area contributed by atoms with Gasteiger partial charge in [0.15, 0.2) is 0 Å². The second-order valence-corrected chi connectivity index (χ2v) is 9.19. The molecule has 0 aliphatic rings. The number of hydrogen-bond donors (Lipinski definition) is 1. The van der Waals surface area contributed by atoms with Gasteiger partial charge in [0.2, 0.25) is 5.91 Å². The third kappa shape index (κ3) is 6.24. The molecule has 0 saturated carbocycles. The number of aromatic nitrogens is 1. The Morgan fingerprint density at radius 2 is 1.94 bits per heavy atom. The van der Waals surface area contributed by atoms with Crippen molar-refractivity contribution in [2.24, 2.45) is 5.73 Å². The van der Waals surface area contributed by atoms with Crippen LogP contribution in [0, 0.1) is 11.8 Å². The fourth-order valence-corrected chi connectivity index (χ4v) is 4.96. The van der Waals surface area contributed by atoms with Crippen LogP contribution in [0.3, 0.4) is 0 Å². The van der Waals surface area contributed by atoms with Crippen LogP contribution in [-0.2, 0) is 11.2 Å². The van der Waals surface area contributed by atoms with Gasteiger partial charge >= 0.3 is 0 Å². The van der Waals surface area contributed by atoms with Gasteiger partial charge in [-0.25, -0.2) is 4.98 Å². The summed E-state index contributed by atoms with van der Waals surface area (Å²) in [4.78, 5) is 15.9. The quantitative estimate of drug-likeness (QED) is 0.239. The number of carbonyl (C=O) groups is 1. The number of rotatable bonds is 9. The third-order valence-electron chi connectivity index (χ3n) is 5.49. The summed E-state index contributed by atoms with van der Waals surface area (Å²) < 4.78 is 6.91. The molecule has 1 atom stereocenters. The molecule has 4 rings (SSSR count). The Balaban J connectivity index is 1.60. The van der Waals surface area contributed by atoms with Crippen LogP contribution in [0.25, 0.3) is 10.2 Å². The second kappa shape index (κ2) is 11.5. The van der Waals surface area contributed by atoms with E-state index in [1.165, 1.54) is 11.1 Å². The summed E-state index contributed by atoms with van der Waals surface area (Å²) in [7, 11) is 0. The molecule has 34 heavy (non-hydrogen) atoms. The molecule has 0 aliphatic carbocycles. The van der Waals surface area contributed by atoms with Crippen LogP contribution >= 0.6 is 11.3 Å². The summed E-state index contributed by atoms with van der Waals surface area (Å²) in [6, 6.07) is 25.0. The summed E-state index contributed by atoms with van der Waals surface area (Å²) in [6.07, 6.45) is 2.64. The molecule has 0 radical (unpaired) electrons. The number of amides is 1. The van der Waals surface area contributed by atoms with Gasteiger partial charge in [0.05, 0.1) is 16.8 Å². The SMILES string of the molecule is CCC#Cc1cccc(CC(c2ccccc2)c2nc3ccc(OCCCC(N)=O)cc3s2)c1. The maximum atomic E-state index is 10.9. The highest BCUT2D eigenvalue weighted by Crippen LogP contribution is 2.35. The van der Waals surface area contributed by atoms with E-state index < -0.39 is 0 Å². The van der Waals surface area contributed by atoms with E-state index in [2.05, 4.69) is 67.3 Å². The summed E-state index contributed by atoms with van der Waals surface area (Å²) in [5, 5.41) is 1.08. The molecule has 1 amide bonds. The van der Waals surface area contributed by atoms with Crippen molar-refractivity contribution in [3.63, 3.8) is 0 Å². The number of primary amides is 1. The molecule has 4 aromatic rings. The highest BCUT2D eigenvalue weighted by molar-refractivity contribution is 7.18. The van der Waals surface area contributed by atoms with Crippen molar-refractivity contribution >= 4 is 27.5 Å². The van der Waals surface area contributed by atoms with E-state index in [-0.39, 0.29) is 11.8 Å². The van der Waals surface area contributed by atoms with Gasteiger partial charge in [-0.15, -0.1) is 11.3 Å². The number of nitrogens with two attached hydrogens (primary N) is 1. The summed E-state index contributed by atoms with van der Waals surface area (Å²) in [5.74, 6) is 7.02. The fraction of sp³-hybridized carbons (Fsp3) is 0.241. The van der Waals surface area contributed by atoms with E-state index in [1.54, 1.807) is 11.3 Å². The summed E-state index contributed by atoms with van der Waals surface area (Å²) in [6.45, 7) is 2.52. The minimum absolute atomic E-state index is 0.146. The van der Waals surface area contributed by atoms with Crippen LogP contribution in [0.2, 0.25) is 0 Å². The number of benzene rings is 3. The van der Waals surface area contributed by atoms with Crippen molar-refractivity contribution in [3.8, 4) is 17.6 Å². The maximum absolute atomic E-state index is 10.9. The minimum Gasteiger partial charge on any atom is -0.494 e. The molecule has 172 valence electrons. The molecule has 1 heterocycles. The van der Waals surface area contributed by atoms with Gasteiger partial charge in [0.1, 0.15) is 10.8 Å². The Hall–Kier alpha value is -3.62. The largest absolute Gasteiger partial charge is 0.494 e. The number of nitrogens with zero attached hydrogens (tertiary/aromatic N) is 1. The first kappa shape index (κ1) is 23.5. The lowest BCUT2D eigenvalue weighted by Gasteiger charge is -2.15. The first-order chi connectivity index (χ1) is 16.6. The van der Waals surface area contributed by atoms with E-state index in [0.717, 1.165) is 39.4 Å². The first-order valence-electron chi connectivity index (χ1n) is 11.6. The first-order valence-corrected chi connectivity index (χ1v) is 12.4. The number of carbonyl (C=O) groups excluding carboxylic acids is 1. The molecular formula is C29H28N2O2S. The van der Waals surface area contributed by atoms with Crippen molar-refractivity contribution < 1.29 is 9.53 Å². The molecular weight excluding hydrogens is 440 g/mol. The molecule has 0 aliphatic heterocycles. The lowest BCUT2D eigenvalue weighted by molar-refractivity contribution is -0.118. The molecule has 0 fully saturated rings. The van der Waals surface area contributed by atoms with Gasteiger partial charge < -0.3 is 10.5 Å². The Labute approximate surface area is 204 Å². The van der Waals surface area contributed by atoms with E-state index in [4.69, 9.17) is 15.5 Å². The monoisotopic (exact) mass is 468 g/mol. The lowest BCUT2D eigenvalue weighted by Crippen LogP contribution is -2.11. The van der Waals surface area contributed by atoms with Crippen LogP contribution in [-0.4, -0.2) is 17.5 Å². The summed E-state index contributed by atoms with van der Waals surface area (Å²) >= 11 is 1.70. The highest BCUT2D eigenvalue weighted by atomic mass is 32.1. The zero-order valence-corrected chi connectivity index (χ0v) is 20.1. The number of thiazole rings is 1. The van der Waals surface area contributed by atoms with Gasteiger partial charge in [-0.1, -0.05) is 61.2 Å². The Morgan fingerprint density at radius 1 is 1.09 bits per heavy atom. The molecule has 2 N–H and O–H groups in total. The summed E-state index contributed by atoms with van der Waals surface area (Å²) in [5.41, 5.74) is 9.71. The Morgan fingerprint density at radius 3 is 2.74 bits per heavy atom. The highest BCUT2D eigenvalue weighted by Gasteiger charge is 2.20. The maximum Gasteiger partial charge on any atom is 0.217 e. The Bertz CT molecular complexity index is 1320. The van der Waals surface area contributed by atoms with Crippen LogP contribution < -0.4 is 10.5 Å². The molecule has 0 spiro atoms. The van der Waals surface area contributed by atoms with E-state index in [0.29, 0.717) is 19.4 Å². The zero-order valence-electron chi connectivity index (χ0n) is 19.3. The van der Waals surface area contributed by atoms with Crippen molar-refractivity contribution in [1.82, 2.24) is 4.98 Å². The van der Waals surface area contributed by atoms with Crippen molar-refractivity contribution in [2.45, 2.75) is 38.5 Å². The smallest absolute Gasteiger partial charge is 0.217 e. The predicted octanol–water partition coefficient (Wildman–Crippen LogP) is 6.08. The standard InChI is InChI=1S/C29H28N2O2S/c1-2-3-9-21-10-7-11-22(18-21)19-25(23-12-5-4-6-13-23)29-31-26-16-15-24(20-27(26)34-29)33-17-8-14-28(30)32/h4-7,10-13,15-16,18,20,25H,2,8,14,17,19H2,1H3,(H2,30,32). The van der Waals surface area contributed by atoms with Crippen LogP contribution in [0.4, 0.5) is 0 Å². The van der Waals surface area contributed by atoms with E-state index in [9.17, 15) is 4.79 Å². The molecule has 0 saturated heterocycles. The van der Waals surface area contributed by atoms with Crippen molar-refractivity contribution in [2.75, 3.05) is 6.61 Å². The molecule has 4 nitrogen and oxygen atoms in total. The van der Waals surface area contributed by atoms with Crippen LogP contribution in [0.5, 0.6) is 5.75 Å². The minimum atomic E-state index is -0.305. The van der Waals surface area contributed by atoms with Gasteiger partial charge in [0, 0.05) is 24.3 Å². The molecule has 5 heteroatoms. The molecule has 1 aromatic heterocycles. The van der Waals surface area contributed by atoms with Gasteiger partial charge in [0.25, 0.3) is 0 Å². The number of hydrogen-bond acceptors (Lipinski definition) is 4. The average Bonchev–Trinajstić information content (AvgIpc) is 3.28. The second-order valence-electron chi connectivity index (χ2n) is 8.12. The van der Waals surface area contributed by atoms with Crippen LogP contribution in [0.1, 0.15) is 53.8 Å². The van der Waals surface area contributed by atoms with Gasteiger partial charge in [-0.05, 0) is 54.3 Å². The third-order valence-corrected chi connectivity index (χ3v) is 6.62. The zero-order chi connectivity index (χ0) is 23.8. The van der Waals surface area contributed by atoms with E-state index >= 15 is 0 Å². The number of fused-ring (bicyclic) bond motifs is 1. The predicted molar refractivity (Wildman–Crippen MR) is 139 cm³/mol. The van der Waals surface area contributed by atoms with Gasteiger partial charge in [-0.2, -0.15) is 0 Å². The van der Waals surface area contributed by atoms with E-state index in [1.807, 2.05) is 24.3 Å².